The molecule has 90 valence electrons. The smallest absolute Gasteiger partial charge is 0.127 e. The van der Waals surface area contributed by atoms with Gasteiger partial charge in [0.1, 0.15) is 11.5 Å². The Balaban J connectivity index is 2.18. The number of halogens is 1. The third kappa shape index (κ3) is 2.81. The molecule has 0 saturated heterocycles. The summed E-state index contributed by atoms with van der Waals surface area (Å²) in [6, 6.07) is 11.4. The van der Waals surface area contributed by atoms with Gasteiger partial charge in [-0.1, -0.05) is 23.7 Å². The molecule has 1 aromatic carbocycles. The number of benzene rings is 1. The predicted octanol–water partition coefficient (Wildman–Crippen LogP) is 3.35. The highest BCUT2D eigenvalue weighted by atomic mass is 35.5. The zero-order chi connectivity index (χ0) is 12.3. The zero-order valence-electron chi connectivity index (χ0n) is 9.61. The standard InChI is InChI=1S/C13H15ClN2O/c1-9-6-7-13(17-9)12(8-15)16-11-5-3-2-4-10(11)14/h2-7,12,16H,8,15H2,1H3. The van der Waals surface area contributed by atoms with Gasteiger partial charge in [0.05, 0.1) is 16.8 Å². The zero-order valence-corrected chi connectivity index (χ0v) is 10.4. The second-order valence-corrected chi connectivity index (χ2v) is 4.27. The van der Waals surface area contributed by atoms with Gasteiger partial charge in [0.2, 0.25) is 0 Å². The molecule has 0 aliphatic carbocycles. The van der Waals surface area contributed by atoms with Crippen LogP contribution in [0.1, 0.15) is 17.6 Å². The lowest BCUT2D eigenvalue weighted by molar-refractivity contribution is 0.459. The van der Waals surface area contributed by atoms with Crippen LogP contribution in [0, 0.1) is 6.92 Å². The second kappa shape index (κ2) is 5.25. The van der Waals surface area contributed by atoms with Crippen LogP contribution in [0.15, 0.2) is 40.8 Å². The van der Waals surface area contributed by atoms with Crippen LogP contribution in [0.25, 0.3) is 0 Å². The van der Waals surface area contributed by atoms with Crippen LogP contribution in [-0.2, 0) is 0 Å². The van der Waals surface area contributed by atoms with Crippen molar-refractivity contribution in [2.45, 2.75) is 13.0 Å². The average molecular weight is 251 g/mol. The first kappa shape index (κ1) is 12.0. The molecule has 1 aromatic heterocycles. The van der Waals surface area contributed by atoms with Crippen molar-refractivity contribution >= 4 is 17.3 Å². The van der Waals surface area contributed by atoms with Gasteiger partial charge >= 0.3 is 0 Å². The fourth-order valence-corrected chi connectivity index (χ4v) is 1.84. The molecule has 3 nitrogen and oxygen atoms in total. The molecule has 1 unspecified atom stereocenters. The van der Waals surface area contributed by atoms with Gasteiger partial charge in [-0.25, -0.2) is 0 Å². The average Bonchev–Trinajstić information content (AvgIpc) is 2.75. The van der Waals surface area contributed by atoms with E-state index in [4.69, 9.17) is 21.8 Å². The fraction of sp³-hybridized carbons (Fsp3) is 0.231. The maximum atomic E-state index is 6.08. The molecule has 17 heavy (non-hydrogen) atoms. The highest BCUT2D eigenvalue weighted by molar-refractivity contribution is 6.33. The quantitative estimate of drug-likeness (QED) is 0.875. The Bertz CT molecular complexity index is 496. The van der Waals surface area contributed by atoms with Crippen LogP contribution in [0.3, 0.4) is 0 Å². The molecule has 0 amide bonds. The molecule has 0 radical (unpaired) electrons. The minimum absolute atomic E-state index is 0.0661. The molecule has 2 rings (SSSR count). The molecule has 0 fully saturated rings. The van der Waals surface area contributed by atoms with Crippen LogP contribution in [0.4, 0.5) is 5.69 Å². The van der Waals surface area contributed by atoms with Crippen LogP contribution < -0.4 is 11.1 Å². The predicted molar refractivity (Wildman–Crippen MR) is 70.3 cm³/mol. The van der Waals surface area contributed by atoms with E-state index in [-0.39, 0.29) is 6.04 Å². The van der Waals surface area contributed by atoms with E-state index >= 15 is 0 Å². The molecular weight excluding hydrogens is 236 g/mol. The van der Waals surface area contributed by atoms with Gasteiger partial charge in [0, 0.05) is 6.54 Å². The van der Waals surface area contributed by atoms with Crippen molar-refractivity contribution in [3.05, 3.63) is 52.9 Å². The number of furan rings is 1. The third-order valence-corrected chi connectivity index (χ3v) is 2.87. The Labute approximate surface area is 106 Å². The number of aryl methyl sites for hydroxylation is 1. The minimum Gasteiger partial charge on any atom is -0.464 e. The lowest BCUT2D eigenvalue weighted by atomic mass is 10.2. The van der Waals surface area contributed by atoms with Crippen molar-refractivity contribution in [2.75, 3.05) is 11.9 Å². The first-order chi connectivity index (χ1) is 8.20. The number of anilines is 1. The van der Waals surface area contributed by atoms with E-state index in [0.717, 1.165) is 17.2 Å². The highest BCUT2D eigenvalue weighted by Gasteiger charge is 2.14. The molecule has 0 aliphatic rings. The Morgan fingerprint density at radius 2 is 2.06 bits per heavy atom. The third-order valence-electron chi connectivity index (χ3n) is 2.54. The summed E-state index contributed by atoms with van der Waals surface area (Å²) in [5.74, 6) is 1.70. The summed E-state index contributed by atoms with van der Waals surface area (Å²) in [6.07, 6.45) is 0. The summed E-state index contributed by atoms with van der Waals surface area (Å²) in [5.41, 5.74) is 6.61. The first-order valence-corrected chi connectivity index (χ1v) is 5.86. The van der Waals surface area contributed by atoms with Gasteiger partial charge in [-0.3, -0.25) is 0 Å². The number of nitrogens with two attached hydrogens (primary N) is 1. The molecule has 0 spiro atoms. The lowest BCUT2D eigenvalue weighted by Crippen LogP contribution is -2.20. The van der Waals surface area contributed by atoms with E-state index in [1.54, 1.807) is 0 Å². The fourth-order valence-electron chi connectivity index (χ4n) is 1.65. The molecule has 1 atom stereocenters. The summed E-state index contributed by atoms with van der Waals surface area (Å²) in [7, 11) is 0. The maximum Gasteiger partial charge on any atom is 0.127 e. The van der Waals surface area contributed by atoms with Crippen LogP contribution in [0.5, 0.6) is 0 Å². The molecule has 0 aliphatic heterocycles. The molecule has 3 N–H and O–H groups in total. The number of hydrogen-bond donors (Lipinski definition) is 2. The first-order valence-electron chi connectivity index (χ1n) is 5.48. The molecule has 0 saturated carbocycles. The van der Waals surface area contributed by atoms with Crippen LogP contribution >= 0.6 is 11.6 Å². The Morgan fingerprint density at radius 1 is 1.29 bits per heavy atom. The summed E-state index contributed by atoms with van der Waals surface area (Å²) in [6.45, 7) is 2.35. The lowest BCUT2D eigenvalue weighted by Gasteiger charge is -2.16. The minimum atomic E-state index is -0.0661. The van der Waals surface area contributed by atoms with Gasteiger partial charge in [0.15, 0.2) is 0 Å². The Hall–Kier alpha value is -1.45. The van der Waals surface area contributed by atoms with E-state index in [1.807, 2.05) is 43.3 Å². The number of rotatable bonds is 4. The summed E-state index contributed by atoms with van der Waals surface area (Å²) < 4.78 is 5.56. The van der Waals surface area contributed by atoms with Crippen molar-refractivity contribution in [3.8, 4) is 0 Å². The monoisotopic (exact) mass is 250 g/mol. The van der Waals surface area contributed by atoms with E-state index in [1.165, 1.54) is 0 Å². The van der Waals surface area contributed by atoms with Crippen LogP contribution in [0.2, 0.25) is 5.02 Å². The highest BCUT2D eigenvalue weighted by Crippen LogP contribution is 2.26. The van der Waals surface area contributed by atoms with Crippen LogP contribution in [-0.4, -0.2) is 6.54 Å². The second-order valence-electron chi connectivity index (χ2n) is 3.86. The molecule has 1 heterocycles. The van der Waals surface area contributed by atoms with Gasteiger partial charge in [0.25, 0.3) is 0 Å². The van der Waals surface area contributed by atoms with Gasteiger partial charge in [-0.05, 0) is 31.2 Å². The number of para-hydroxylation sites is 1. The van der Waals surface area contributed by atoms with Crippen molar-refractivity contribution in [2.24, 2.45) is 5.73 Å². The largest absolute Gasteiger partial charge is 0.464 e. The van der Waals surface area contributed by atoms with E-state index in [9.17, 15) is 0 Å². The Morgan fingerprint density at radius 3 is 2.65 bits per heavy atom. The summed E-state index contributed by atoms with van der Waals surface area (Å²) >= 11 is 6.08. The van der Waals surface area contributed by atoms with E-state index < -0.39 is 0 Å². The van der Waals surface area contributed by atoms with Gasteiger partial charge in [-0.2, -0.15) is 0 Å². The summed E-state index contributed by atoms with van der Waals surface area (Å²) in [4.78, 5) is 0. The van der Waals surface area contributed by atoms with Crippen molar-refractivity contribution in [1.29, 1.82) is 0 Å². The van der Waals surface area contributed by atoms with Crippen molar-refractivity contribution in [3.63, 3.8) is 0 Å². The number of nitrogens with one attached hydrogen (secondary N) is 1. The van der Waals surface area contributed by atoms with E-state index in [0.29, 0.717) is 11.6 Å². The maximum absolute atomic E-state index is 6.08. The van der Waals surface area contributed by atoms with E-state index in [2.05, 4.69) is 5.32 Å². The molecule has 4 heteroatoms. The normalized spacial score (nSPS) is 12.4. The van der Waals surface area contributed by atoms with Gasteiger partial charge in [-0.15, -0.1) is 0 Å². The molecular formula is C13H15ClN2O. The Kier molecular flexibility index (Phi) is 3.71. The van der Waals surface area contributed by atoms with Gasteiger partial charge < -0.3 is 15.5 Å². The molecule has 0 bridgehead atoms. The number of hydrogen-bond acceptors (Lipinski definition) is 3. The SMILES string of the molecule is Cc1ccc(C(CN)Nc2ccccc2Cl)o1. The van der Waals surface area contributed by atoms with Crippen molar-refractivity contribution < 1.29 is 4.42 Å². The van der Waals surface area contributed by atoms with Crippen molar-refractivity contribution in [1.82, 2.24) is 0 Å². The summed E-state index contributed by atoms with van der Waals surface area (Å²) in [5, 5.41) is 3.95. The molecule has 2 aromatic rings. The topological polar surface area (TPSA) is 51.2 Å².